The molecule has 2 aromatic rings. The lowest BCUT2D eigenvalue weighted by Gasteiger charge is -2.11. The zero-order valence-corrected chi connectivity index (χ0v) is 12.5. The molecule has 0 saturated heterocycles. The van der Waals surface area contributed by atoms with Gasteiger partial charge in [0.1, 0.15) is 11.3 Å². The number of amides is 1. The van der Waals surface area contributed by atoms with Gasteiger partial charge >= 0.3 is 0 Å². The number of aromatic nitrogens is 1. The molecule has 4 N–H and O–H groups in total. The summed E-state index contributed by atoms with van der Waals surface area (Å²) in [6.07, 6.45) is 2.74. The van der Waals surface area contributed by atoms with Crippen LogP contribution >= 0.6 is 27.3 Å². The normalized spacial score (nSPS) is 12.5. The van der Waals surface area contributed by atoms with Crippen LogP contribution in [0.4, 0.5) is 0 Å². The molecule has 19 heavy (non-hydrogen) atoms. The number of hydrogen-bond donors (Lipinski definition) is 2. The highest BCUT2D eigenvalue weighted by atomic mass is 79.9. The van der Waals surface area contributed by atoms with Crippen molar-refractivity contribution >= 4 is 33.2 Å². The molecule has 0 aliphatic heterocycles. The van der Waals surface area contributed by atoms with Gasteiger partial charge in [-0.15, -0.1) is 11.3 Å². The van der Waals surface area contributed by atoms with Gasteiger partial charge in [-0.25, -0.2) is 0 Å². The quantitative estimate of drug-likeness (QED) is 0.840. The minimum atomic E-state index is -0.514. The van der Waals surface area contributed by atoms with Crippen LogP contribution in [0.5, 0.6) is 0 Å². The average Bonchev–Trinajstić information content (AvgIpc) is 2.99. The van der Waals surface area contributed by atoms with E-state index in [0.717, 1.165) is 10.2 Å². The minimum absolute atomic E-state index is 0.238. The van der Waals surface area contributed by atoms with Crippen molar-refractivity contribution < 1.29 is 9.32 Å². The van der Waals surface area contributed by atoms with Crippen molar-refractivity contribution in [1.82, 2.24) is 5.16 Å². The van der Waals surface area contributed by atoms with Gasteiger partial charge in [-0.2, -0.15) is 0 Å². The zero-order chi connectivity index (χ0) is 13.8. The second-order valence-corrected chi connectivity index (χ2v) is 6.63. The molecule has 2 rings (SSSR count). The molecule has 5 nitrogen and oxygen atoms in total. The smallest absolute Gasteiger partial charge is 0.253 e. The molecule has 2 heterocycles. The Morgan fingerprint density at radius 1 is 1.53 bits per heavy atom. The van der Waals surface area contributed by atoms with Crippen molar-refractivity contribution in [3.05, 3.63) is 38.3 Å². The van der Waals surface area contributed by atoms with Gasteiger partial charge in [-0.1, -0.05) is 5.16 Å². The highest BCUT2D eigenvalue weighted by molar-refractivity contribution is 9.11. The number of halogens is 1. The number of nitrogens with two attached hydrogens (primary N) is 2. The van der Waals surface area contributed by atoms with Crippen LogP contribution in [0.1, 0.15) is 33.3 Å². The van der Waals surface area contributed by atoms with E-state index >= 15 is 0 Å². The lowest BCUT2D eigenvalue weighted by Crippen LogP contribution is -2.14. The summed E-state index contributed by atoms with van der Waals surface area (Å²) in [5.41, 5.74) is 11.4. The average molecular weight is 344 g/mol. The zero-order valence-electron chi connectivity index (χ0n) is 10.1. The monoisotopic (exact) mass is 343 g/mol. The number of carbonyl (C=O) groups is 1. The van der Waals surface area contributed by atoms with Gasteiger partial charge in [0.25, 0.3) is 5.91 Å². The Morgan fingerprint density at radius 2 is 2.32 bits per heavy atom. The van der Waals surface area contributed by atoms with Crippen molar-refractivity contribution in [2.75, 3.05) is 6.54 Å². The van der Waals surface area contributed by atoms with E-state index in [2.05, 4.69) is 27.2 Å². The second-order valence-electron chi connectivity index (χ2n) is 4.14. The Labute approximate surface area is 123 Å². The summed E-state index contributed by atoms with van der Waals surface area (Å²) in [6, 6.07) is 4.06. The van der Waals surface area contributed by atoms with E-state index in [1.54, 1.807) is 11.3 Å². The van der Waals surface area contributed by atoms with Crippen LogP contribution in [-0.4, -0.2) is 17.6 Å². The standard InChI is InChI=1S/C12H14BrN3O2S/c13-11-4-3-10(19-11)7(5-14)1-2-9-8(12(15)17)6-16-18-9/h3-4,6-7H,1-2,5,14H2,(H2,15,17). The number of rotatable bonds is 6. The fraction of sp³-hybridized carbons (Fsp3) is 0.333. The Morgan fingerprint density at radius 3 is 2.89 bits per heavy atom. The van der Waals surface area contributed by atoms with E-state index < -0.39 is 5.91 Å². The van der Waals surface area contributed by atoms with Gasteiger partial charge in [0.15, 0.2) is 0 Å². The molecule has 0 aromatic carbocycles. The Bertz CT molecular complexity index is 567. The van der Waals surface area contributed by atoms with E-state index in [-0.39, 0.29) is 5.92 Å². The van der Waals surface area contributed by atoms with E-state index in [0.29, 0.717) is 24.3 Å². The topological polar surface area (TPSA) is 95.1 Å². The Hall–Kier alpha value is -1.18. The molecule has 0 spiro atoms. The first kappa shape index (κ1) is 14.2. The van der Waals surface area contributed by atoms with Crippen LogP contribution in [0.3, 0.4) is 0 Å². The molecule has 0 fully saturated rings. The summed E-state index contributed by atoms with van der Waals surface area (Å²) < 4.78 is 6.15. The van der Waals surface area contributed by atoms with Gasteiger partial charge < -0.3 is 16.0 Å². The fourth-order valence-electron chi connectivity index (χ4n) is 1.87. The SMILES string of the molecule is NCC(CCc1oncc1C(N)=O)c1ccc(Br)s1. The fourth-order valence-corrected chi connectivity index (χ4v) is 3.45. The van der Waals surface area contributed by atoms with Crippen molar-refractivity contribution in [3.63, 3.8) is 0 Å². The molecule has 1 atom stereocenters. The molecule has 0 radical (unpaired) electrons. The maximum absolute atomic E-state index is 11.2. The number of aryl methyl sites for hydroxylation is 1. The van der Waals surface area contributed by atoms with E-state index in [9.17, 15) is 4.79 Å². The van der Waals surface area contributed by atoms with Gasteiger partial charge in [0.05, 0.1) is 9.98 Å². The maximum atomic E-state index is 11.2. The second kappa shape index (κ2) is 6.31. The summed E-state index contributed by atoms with van der Waals surface area (Å²) >= 11 is 5.11. The summed E-state index contributed by atoms with van der Waals surface area (Å²) in [6.45, 7) is 0.549. The predicted molar refractivity (Wildman–Crippen MR) is 77.2 cm³/mol. The number of carbonyl (C=O) groups excluding carboxylic acids is 1. The molecule has 102 valence electrons. The van der Waals surface area contributed by atoms with Gasteiger partial charge in [0, 0.05) is 17.2 Å². The summed E-state index contributed by atoms with van der Waals surface area (Å²) in [4.78, 5) is 12.4. The maximum Gasteiger partial charge on any atom is 0.253 e. The molecule has 0 bridgehead atoms. The van der Waals surface area contributed by atoms with Crippen molar-refractivity contribution in [3.8, 4) is 0 Å². The van der Waals surface area contributed by atoms with Gasteiger partial charge in [-0.05, 0) is 41.0 Å². The summed E-state index contributed by atoms with van der Waals surface area (Å²) in [7, 11) is 0. The van der Waals surface area contributed by atoms with E-state index in [1.165, 1.54) is 11.1 Å². The van der Waals surface area contributed by atoms with Crippen molar-refractivity contribution in [2.24, 2.45) is 11.5 Å². The third-order valence-corrected chi connectivity index (χ3v) is 4.70. The van der Waals surface area contributed by atoms with Crippen molar-refractivity contribution in [1.29, 1.82) is 0 Å². The molecule has 2 aromatic heterocycles. The third kappa shape index (κ3) is 3.43. The predicted octanol–water partition coefficient (Wildman–Crippen LogP) is 2.27. The van der Waals surface area contributed by atoms with Crippen LogP contribution in [-0.2, 0) is 6.42 Å². The van der Waals surface area contributed by atoms with Crippen LogP contribution in [0.15, 0.2) is 26.6 Å². The number of thiophene rings is 1. The molecule has 1 unspecified atom stereocenters. The number of hydrogen-bond acceptors (Lipinski definition) is 5. The highest BCUT2D eigenvalue weighted by Gasteiger charge is 2.17. The number of nitrogens with zero attached hydrogens (tertiary/aromatic N) is 1. The minimum Gasteiger partial charge on any atom is -0.365 e. The lowest BCUT2D eigenvalue weighted by atomic mass is 9.99. The first-order chi connectivity index (χ1) is 9.11. The van der Waals surface area contributed by atoms with Crippen LogP contribution in [0.2, 0.25) is 0 Å². The number of primary amides is 1. The molecular weight excluding hydrogens is 330 g/mol. The first-order valence-corrected chi connectivity index (χ1v) is 7.41. The molecule has 0 saturated carbocycles. The molecule has 7 heteroatoms. The summed E-state index contributed by atoms with van der Waals surface area (Å²) in [5, 5.41) is 3.61. The Balaban J connectivity index is 2.04. The molecular formula is C12H14BrN3O2S. The van der Waals surface area contributed by atoms with Gasteiger partial charge in [0.2, 0.25) is 0 Å². The molecule has 0 aliphatic rings. The first-order valence-electron chi connectivity index (χ1n) is 5.80. The third-order valence-electron chi connectivity index (χ3n) is 2.91. The molecule has 1 amide bonds. The largest absolute Gasteiger partial charge is 0.365 e. The Kier molecular flexibility index (Phi) is 4.73. The van der Waals surface area contributed by atoms with Crippen LogP contribution in [0.25, 0.3) is 0 Å². The summed E-state index contributed by atoms with van der Waals surface area (Å²) in [5.74, 6) is 0.253. The molecule has 0 aliphatic carbocycles. The van der Waals surface area contributed by atoms with Crippen LogP contribution in [0, 0.1) is 0 Å². The van der Waals surface area contributed by atoms with E-state index in [4.69, 9.17) is 16.0 Å². The van der Waals surface area contributed by atoms with Crippen molar-refractivity contribution in [2.45, 2.75) is 18.8 Å². The lowest BCUT2D eigenvalue weighted by molar-refractivity contribution is 0.0998. The van der Waals surface area contributed by atoms with Crippen LogP contribution < -0.4 is 11.5 Å². The highest BCUT2D eigenvalue weighted by Crippen LogP contribution is 2.31. The van der Waals surface area contributed by atoms with Gasteiger partial charge in [-0.3, -0.25) is 4.79 Å². The van der Waals surface area contributed by atoms with E-state index in [1.807, 2.05) is 6.07 Å².